The third-order valence-electron chi connectivity index (χ3n) is 3.44. The first-order valence-electron chi connectivity index (χ1n) is 6.83. The van der Waals surface area contributed by atoms with Gasteiger partial charge in [0.1, 0.15) is 5.69 Å². The van der Waals surface area contributed by atoms with Gasteiger partial charge in [-0.2, -0.15) is 13.2 Å². The molecule has 0 amide bonds. The lowest BCUT2D eigenvalue weighted by molar-refractivity contribution is -0.155. The van der Waals surface area contributed by atoms with Crippen molar-refractivity contribution in [2.75, 3.05) is 11.5 Å². The summed E-state index contributed by atoms with van der Waals surface area (Å²) >= 11 is 0. The molecule has 0 aromatic carbocycles. The molecule has 0 spiro atoms. The SMILES string of the molecule is O=S1(=O)CC[C@@H](NS(=O)(=O)c2ccc(-c3cc(C(F)(F)F)on3)o2)C1. The topological polar surface area (TPSA) is 119 Å². The minimum Gasteiger partial charge on any atom is -0.441 e. The molecule has 1 aliphatic rings. The van der Waals surface area contributed by atoms with Crippen molar-refractivity contribution in [1.29, 1.82) is 0 Å². The van der Waals surface area contributed by atoms with Crippen molar-refractivity contribution < 1.29 is 38.9 Å². The summed E-state index contributed by atoms with van der Waals surface area (Å²) in [6.07, 6.45) is -4.60. The van der Waals surface area contributed by atoms with Gasteiger partial charge in [0, 0.05) is 12.1 Å². The molecule has 25 heavy (non-hydrogen) atoms. The average molecular weight is 400 g/mol. The fraction of sp³-hybridized carbons (Fsp3) is 0.417. The number of hydrogen-bond acceptors (Lipinski definition) is 7. The Morgan fingerprint density at radius 3 is 2.56 bits per heavy atom. The summed E-state index contributed by atoms with van der Waals surface area (Å²) in [5.41, 5.74) is -0.322. The van der Waals surface area contributed by atoms with Crippen molar-refractivity contribution in [3.05, 3.63) is 24.0 Å². The molecule has 0 radical (unpaired) electrons. The molecule has 0 aliphatic carbocycles. The van der Waals surface area contributed by atoms with Crippen LogP contribution in [-0.2, 0) is 26.0 Å². The van der Waals surface area contributed by atoms with Crippen LogP contribution in [0.5, 0.6) is 0 Å². The first-order valence-corrected chi connectivity index (χ1v) is 10.1. The van der Waals surface area contributed by atoms with Gasteiger partial charge in [-0.05, 0) is 18.6 Å². The van der Waals surface area contributed by atoms with Gasteiger partial charge in [-0.3, -0.25) is 0 Å². The normalized spacial score (nSPS) is 20.8. The number of nitrogens with one attached hydrogen (secondary N) is 1. The molecule has 0 bridgehead atoms. The highest BCUT2D eigenvalue weighted by Crippen LogP contribution is 2.33. The van der Waals surface area contributed by atoms with E-state index in [9.17, 15) is 30.0 Å². The molecule has 1 atom stereocenters. The van der Waals surface area contributed by atoms with E-state index in [1.54, 1.807) is 0 Å². The highest BCUT2D eigenvalue weighted by atomic mass is 32.2. The zero-order chi connectivity index (χ0) is 18.5. The Kier molecular flexibility index (Phi) is 4.20. The summed E-state index contributed by atoms with van der Waals surface area (Å²) in [5.74, 6) is -2.03. The Labute approximate surface area is 139 Å². The molecule has 13 heteroatoms. The van der Waals surface area contributed by atoms with Crippen LogP contribution in [0.3, 0.4) is 0 Å². The monoisotopic (exact) mass is 400 g/mol. The lowest BCUT2D eigenvalue weighted by atomic mass is 10.3. The maximum atomic E-state index is 12.5. The number of hydrogen-bond donors (Lipinski definition) is 1. The molecule has 3 rings (SSSR count). The van der Waals surface area contributed by atoms with Crippen molar-refractivity contribution in [3.8, 4) is 11.5 Å². The molecule has 2 aromatic rings. The second-order valence-electron chi connectivity index (χ2n) is 5.41. The summed E-state index contributed by atoms with van der Waals surface area (Å²) in [6.45, 7) is 0. The van der Waals surface area contributed by atoms with Gasteiger partial charge >= 0.3 is 6.18 Å². The molecule has 0 unspecified atom stereocenters. The number of alkyl halides is 3. The predicted octanol–water partition coefficient (Wildman–Crippen LogP) is 1.42. The van der Waals surface area contributed by atoms with Gasteiger partial charge in [-0.25, -0.2) is 21.6 Å². The number of furan rings is 1. The summed E-state index contributed by atoms with van der Waals surface area (Å²) in [6, 6.07) is 1.94. The lowest BCUT2D eigenvalue weighted by Crippen LogP contribution is -2.35. The largest absolute Gasteiger partial charge is 0.452 e. The second kappa shape index (κ2) is 5.85. The molecule has 1 fully saturated rings. The minimum atomic E-state index is -4.73. The van der Waals surface area contributed by atoms with Crippen LogP contribution >= 0.6 is 0 Å². The van der Waals surface area contributed by atoms with Crippen molar-refractivity contribution in [3.63, 3.8) is 0 Å². The van der Waals surface area contributed by atoms with Gasteiger partial charge in [-0.15, -0.1) is 0 Å². The number of rotatable bonds is 4. The average Bonchev–Trinajstić information content (AvgIpc) is 3.15. The van der Waals surface area contributed by atoms with Crippen molar-refractivity contribution in [1.82, 2.24) is 9.88 Å². The maximum Gasteiger partial charge on any atom is 0.452 e. The van der Waals surface area contributed by atoms with Crippen molar-refractivity contribution >= 4 is 19.9 Å². The van der Waals surface area contributed by atoms with E-state index >= 15 is 0 Å². The van der Waals surface area contributed by atoms with Crippen LogP contribution in [0.2, 0.25) is 0 Å². The summed E-state index contributed by atoms with van der Waals surface area (Å²) < 4.78 is 95.9. The van der Waals surface area contributed by atoms with E-state index in [2.05, 4.69) is 14.4 Å². The molecule has 138 valence electrons. The Balaban J connectivity index is 1.80. The zero-order valence-electron chi connectivity index (χ0n) is 12.3. The van der Waals surface area contributed by atoms with Crippen LogP contribution in [0.25, 0.3) is 11.5 Å². The highest BCUT2D eigenvalue weighted by molar-refractivity contribution is 7.92. The fourth-order valence-corrected chi connectivity index (χ4v) is 5.27. The van der Waals surface area contributed by atoms with Gasteiger partial charge in [0.2, 0.25) is 10.9 Å². The molecule has 2 aromatic heterocycles. The quantitative estimate of drug-likeness (QED) is 0.824. The standard InChI is InChI=1S/C12H11F3N2O6S2/c13-12(14,15)10-5-8(16-23-10)9-1-2-11(22-9)25(20,21)17-7-3-4-24(18,19)6-7/h1-2,5,7,17H,3-4,6H2/t7-/m1/s1. The van der Waals surface area contributed by atoms with Crippen LogP contribution in [0.4, 0.5) is 13.2 Å². The third kappa shape index (κ3) is 3.88. The molecular weight excluding hydrogens is 389 g/mol. The Morgan fingerprint density at radius 1 is 1.28 bits per heavy atom. The van der Waals surface area contributed by atoms with E-state index < -0.39 is 42.9 Å². The molecule has 8 nitrogen and oxygen atoms in total. The van der Waals surface area contributed by atoms with E-state index in [0.717, 1.165) is 12.1 Å². The van der Waals surface area contributed by atoms with Crippen LogP contribution in [0, 0.1) is 0 Å². The van der Waals surface area contributed by atoms with E-state index in [0.29, 0.717) is 6.07 Å². The van der Waals surface area contributed by atoms with Crippen LogP contribution < -0.4 is 4.72 Å². The molecular formula is C12H11F3N2O6S2. The van der Waals surface area contributed by atoms with Gasteiger partial charge in [0.05, 0.1) is 11.5 Å². The Hall–Kier alpha value is -1.86. The fourth-order valence-electron chi connectivity index (χ4n) is 2.29. The highest BCUT2D eigenvalue weighted by Gasteiger charge is 2.37. The third-order valence-corrected chi connectivity index (χ3v) is 6.60. The zero-order valence-corrected chi connectivity index (χ0v) is 13.9. The van der Waals surface area contributed by atoms with Gasteiger partial charge < -0.3 is 8.94 Å². The van der Waals surface area contributed by atoms with Crippen molar-refractivity contribution in [2.45, 2.75) is 23.7 Å². The molecule has 1 aliphatic heterocycles. The van der Waals surface area contributed by atoms with Gasteiger partial charge in [-0.1, -0.05) is 5.16 Å². The number of sulfonamides is 1. The number of halogens is 3. The summed E-state index contributed by atoms with van der Waals surface area (Å²) in [5, 5.41) is 2.62. The van der Waals surface area contributed by atoms with Crippen LogP contribution in [-0.4, -0.2) is 39.5 Å². The van der Waals surface area contributed by atoms with E-state index in [-0.39, 0.29) is 29.4 Å². The summed E-state index contributed by atoms with van der Waals surface area (Å²) in [4.78, 5) is 0. The van der Waals surface area contributed by atoms with Gasteiger partial charge in [0.15, 0.2) is 15.6 Å². The van der Waals surface area contributed by atoms with Crippen LogP contribution in [0.15, 0.2) is 32.2 Å². The van der Waals surface area contributed by atoms with E-state index in [4.69, 9.17) is 4.42 Å². The maximum absolute atomic E-state index is 12.5. The van der Waals surface area contributed by atoms with Crippen molar-refractivity contribution in [2.24, 2.45) is 0 Å². The second-order valence-corrected chi connectivity index (χ2v) is 9.29. The van der Waals surface area contributed by atoms with E-state index in [1.807, 2.05) is 0 Å². The number of nitrogens with zero attached hydrogens (tertiary/aromatic N) is 1. The number of sulfone groups is 1. The molecule has 1 saturated heterocycles. The molecule has 3 heterocycles. The van der Waals surface area contributed by atoms with E-state index in [1.165, 1.54) is 0 Å². The molecule has 1 N–H and O–H groups in total. The Morgan fingerprint density at radius 2 is 2.00 bits per heavy atom. The molecule has 0 saturated carbocycles. The number of aromatic nitrogens is 1. The smallest absolute Gasteiger partial charge is 0.441 e. The minimum absolute atomic E-state index is 0.122. The lowest BCUT2D eigenvalue weighted by Gasteiger charge is -2.09. The van der Waals surface area contributed by atoms with Gasteiger partial charge in [0.25, 0.3) is 10.0 Å². The Bertz CT molecular complexity index is 990. The first kappa shape index (κ1) is 17.9. The predicted molar refractivity (Wildman–Crippen MR) is 76.6 cm³/mol. The van der Waals surface area contributed by atoms with Crippen LogP contribution in [0.1, 0.15) is 12.2 Å². The summed E-state index contributed by atoms with van der Waals surface area (Å²) in [7, 11) is -7.45. The first-order chi connectivity index (χ1) is 11.5.